The number of hydrogen-bond donors (Lipinski definition) is 2. The van der Waals surface area contributed by atoms with Crippen LogP contribution < -0.4 is 16.2 Å². The van der Waals surface area contributed by atoms with Crippen molar-refractivity contribution in [3.8, 4) is 5.75 Å². The fourth-order valence-corrected chi connectivity index (χ4v) is 1.96. The second-order valence-corrected chi connectivity index (χ2v) is 4.61. The third kappa shape index (κ3) is 4.50. The van der Waals surface area contributed by atoms with E-state index in [4.69, 9.17) is 28.4 Å². The van der Waals surface area contributed by atoms with Crippen LogP contribution in [0.15, 0.2) is 18.2 Å². The molecule has 0 saturated heterocycles. The van der Waals surface area contributed by atoms with Gasteiger partial charge in [-0.1, -0.05) is 25.2 Å². The van der Waals surface area contributed by atoms with Gasteiger partial charge in [0.2, 0.25) is 5.91 Å². The zero-order valence-electron chi connectivity index (χ0n) is 11.2. The molecule has 0 bridgehead atoms. The Kier molecular flexibility index (Phi) is 5.72. The number of ether oxygens (including phenoxy) is 1. The number of carbonyl (C=O) groups excluding carboxylic acids is 1. The number of thiocarbonyl (C=S) groups is 1. The van der Waals surface area contributed by atoms with Crippen molar-refractivity contribution >= 4 is 23.1 Å². The first-order valence-electron chi connectivity index (χ1n) is 5.95. The van der Waals surface area contributed by atoms with E-state index in [2.05, 4.69) is 0 Å². The molecule has 0 atom stereocenters. The van der Waals surface area contributed by atoms with Crippen molar-refractivity contribution in [3.05, 3.63) is 29.3 Å². The summed E-state index contributed by atoms with van der Waals surface area (Å²) >= 11 is 4.95. The van der Waals surface area contributed by atoms with Crippen molar-refractivity contribution < 1.29 is 9.53 Å². The molecule has 5 nitrogen and oxygen atoms in total. The molecule has 1 aromatic rings. The highest BCUT2D eigenvalue weighted by molar-refractivity contribution is 7.80. The van der Waals surface area contributed by atoms with Crippen LogP contribution in [0.4, 0.5) is 0 Å². The average Bonchev–Trinajstić information content (AvgIpc) is 2.36. The van der Waals surface area contributed by atoms with Gasteiger partial charge in [-0.25, -0.2) is 0 Å². The molecular formula is C13H19N3O2S. The highest BCUT2D eigenvalue weighted by Gasteiger charge is 2.10. The summed E-state index contributed by atoms with van der Waals surface area (Å²) in [5.41, 5.74) is 12.5. The monoisotopic (exact) mass is 281 g/mol. The number of amides is 1. The van der Waals surface area contributed by atoms with Gasteiger partial charge in [-0.2, -0.15) is 0 Å². The number of nitrogens with zero attached hydrogens (tertiary/aromatic N) is 1. The van der Waals surface area contributed by atoms with Crippen molar-refractivity contribution in [1.82, 2.24) is 4.90 Å². The molecule has 0 aliphatic carbocycles. The zero-order valence-corrected chi connectivity index (χ0v) is 12.0. The summed E-state index contributed by atoms with van der Waals surface area (Å²) < 4.78 is 5.27. The van der Waals surface area contributed by atoms with E-state index in [-0.39, 0.29) is 12.5 Å². The molecule has 1 aromatic carbocycles. The Morgan fingerprint density at radius 2 is 2.11 bits per heavy atom. The summed E-state index contributed by atoms with van der Waals surface area (Å²) in [5, 5.41) is 0. The van der Waals surface area contributed by atoms with E-state index < -0.39 is 0 Å². The molecule has 0 saturated carbocycles. The highest BCUT2D eigenvalue weighted by Crippen LogP contribution is 2.21. The SMILES string of the molecule is CCN(CC(N)=O)Cc1ccc(C(N)=S)c(OC)c1. The number of benzene rings is 1. The lowest BCUT2D eigenvalue weighted by Gasteiger charge is -2.19. The van der Waals surface area contributed by atoms with Crippen molar-refractivity contribution in [2.75, 3.05) is 20.2 Å². The van der Waals surface area contributed by atoms with Gasteiger partial charge >= 0.3 is 0 Å². The van der Waals surface area contributed by atoms with Crippen LogP contribution in [0.25, 0.3) is 0 Å². The van der Waals surface area contributed by atoms with Crippen LogP contribution in [0.2, 0.25) is 0 Å². The van der Waals surface area contributed by atoms with Crippen LogP contribution in [0.1, 0.15) is 18.1 Å². The Hall–Kier alpha value is -1.66. The number of hydrogen-bond acceptors (Lipinski definition) is 4. The first-order valence-corrected chi connectivity index (χ1v) is 6.36. The van der Waals surface area contributed by atoms with Crippen LogP contribution in [0.3, 0.4) is 0 Å². The minimum Gasteiger partial charge on any atom is -0.496 e. The lowest BCUT2D eigenvalue weighted by atomic mass is 10.1. The summed E-state index contributed by atoms with van der Waals surface area (Å²) in [7, 11) is 1.57. The van der Waals surface area contributed by atoms with Gasteiger partial charge in [0.05, 0.1) is 19.2 Å². The van der Waals surface area contributed by atoms with Gasteiger partial charge in [-0.05, 0) is 24.2 Å². The van der Waals surface area contributed by atoms with Gasteiger partial charge in [-0.3, -0.25) is 9.69 Å². The van der Waals surface area contributed by atoms with Gasteiger partial charge in [0, 0.05) is 6.54 Å². The smallest absolute Gasteiger partial charge is 0.231 e. The summed E-state index contributed by atoms with van der Waals surface area (Å²) in [5.74, 6) is 0.300. The van der Waals surface area contributed by atoms with Crippen LogP contribution in [0.5, 0.6) is 5.75 Å². The predicted octanol–water partition coefficient (Wildman–Crippen LogP) is 0.637. The maximum atomic E-state index is 10.9. The molecule has 1 rings (SSSR count). The second-order valence-electron chi connectivity index (χ2n) is 4.17. The van der Waals surface area contributed by atoms with E-state index in [1.807, 2.05) is 30.0 Å². The standard InChI is InChI=1S/C13H19N3O2S/c1-3-16(8-12(14)17)7-9-4-5-10(13(15)19)11(6-9)18-2/h4-6H,3,7-8H2,1-2H3,(H2,14,17)(H2,15,19). The fourth-order valence-electron chi connectivity index (χ4n) is 1.80. The molecule has 1 amide bonds. The number of likely N-dealkylation sites (N-methyl/N-ethyl adjacent to an activating group) is 1. The normalized spacial score (nSPS) is 10.5. The molecule has 19 heavy (non-hydrogen) atoms. The van der Waals surface area contributed by atoms with Crippen LogP contribution >= 0.6 is 12.2 Å². The molecule has 0 fully saturated rings. The van der Waals surface area contributed by atoms with Crippen LogP contribution in [0, 0.1) is 0 Å². The van der Waals surface area contributed by atoms with Crippen molar-refractivity contribution in [2.24, 2.45) is 11.5 Å². The number of nitrogens with two attached hydrogens (primary N) is 2. The Morgan fingerprint density at radius 3 is 2.58 bits per heavy atom. The van der Waals surface area contributed by atoms with Crippen LogP contribution in [-0.4, -0.2) is 36.0 Å². The van der Waals surface area contributed by atoms with Gasteiger partial charge < -0.3 is 16.2 Å². The van der Waals surface area contributed by atoms with E-state index in [9.17, 15) is 4.79 Å². The van der Waals surface area contributed by atoms with E-state index in [1.165, 1.54) is 0 Å². The highest BCUT2D eigenvalue weighted by atomic mass is 32.1. The summed E-state index contributed by atoms with van der Waals surface area (Å²) in [6.45, 7) is 3.56. The number of methoxy groups -OCH3 is 1. The van der Waals surface area contributed by atoms with Crippen molar-refractivity contribution in [1.29, 1.82) is 0 Å². The Morgan fingerprint density at radius 1 is 1.42 bits per heavy atom. The number of rotatable bonds is 7. The fraction of sp³-hybridized carbons (Fsp3) is 0.385. The molecule has 104 valence electrons. The third-order valence-electron chi connectivity index (χ3n) is 2.76. The largest absolute Gasteiger partial charge is 0.496 e. The van der Waals surface area contributed by atoms with E-state index in [0.29, 0.717) is 22.8 Å². The Balaban J connectivity index is 2.90. The molecule has 4 N–H and O–H groups in total. The van der Waals surface area contributed by atoms with Crippen molar-refractivity contribution in [3.63, 3.8) is 0 Å². The molecule has 0 unspecified atom stereocenters. The molecular weight excluding hydrogens is 262 g/mol. The van der Waals surface area contributed by atoms with Gasteiger partial charge in [0.15, 0.2) is 0 Å². The molecule has 0 aliphatic heterocycles. The summed E-state index contributed by atoms with van der Waals surface area (Å²) in [6.07, 6.45) is 0. The van der Waals surface area contributed by atoms with Gasteiger partial charge in [-0.15, -0.1) is 0 Å². The summed E-state index contributed by atoms with van der Waals surface area (Å²) in [6, 6.07) is 5.62. The number of carbonyl (C=O) groups is 1. The lowest BCUT2D eigenvalue weighted by Crippen LogP contribution is -2.33. The molecule has 0 heterocycles. The maximum absolute atomic E-state index is 10.9. The molecule has 0 aromatic heterocycles. The van der Waals surface area contributed by atoms with E-state index in [0.717, 1.165) is 12.1 Å². The van der Waals surface area contributed by atoms with Gasteiger partial charge in [0.1, 0.15) is 10.7 Å². The Labute approximate surface area is 118 Å². The van der Waals surface area contributed by atoms with E-state index in [1.54, 1.807) is 7.11 Å². The quantitative estimate of drug-likeness (QED) is 0.717. The first-order chi connectivity index (χ1) is 8.97. The topological polar surface area (TPSA) is 81.6 Å². The zero-order chi connectivity index (χ0) is 14.4. The van der Waals surface area contributed by atoms with Gasteiger partial charge in [0.25, 0.3) is 0 Å². The Bertz CT molecular complexity index is 477. The summed E-state index contributed by atoms with van der Waals surface area (Å²) in [4.78, 5) is 13.2. The predicted molar refractivity (Wildman–Crippen MR) is 79.0 cm³/mol. The molecule has 0 radical (unpaired) electrons. The minimum atomic E-state index is -0.339. The molecule has 0 aliphatic rings. The number of primary amides is 1. The van der Waals surface area contributed by atoms with Crippen LogP contribution in [-0.2, 0) is 11.3 Å². The van der Waals surface area contributed by atoms with Crippen molar-refractivity contribution in [2.45, 2.75) is 13.5 Å². The first kappa shape index (κ1) is 15.4. The molecule has 0 spiro atoms. The minimum absolute atomic E-state index is 0.232. The molecule has 6 heteroatoms. The maximum Gasteiger partial charge on any atom is 0.231 e. The third-order valence-corrected chi connectivity index (χ3v) is 2.98. The average molecular weight is 281 g/mol. The second kappa shape index (κ2) is 7.06. The van der Waals surface area contributed by atoms with E-state index >= 15 is 0 Å². The lowest BCUT2D eigenvalue weighted by molar-refractivity contribution is -0.119.